The fourth-order valence-corrected chi connectivity index (χ4v) is 3.58. The van der Waals surface area contributed by atoms with Crippen molar-refractivity contribution in [3.63, 3.8) is 0 Å². The lowest BCUT2D eigenvalue weighted by Crippen LogP contribution is -2.17. The van der Waals surface area contributed by atoms with Crippen LogP contribution in [0.2, 0.25) is 0 Å². The second-order valence-electron chi connectivity index (χ2n) is 5.23. The lowest BCUT2D eigenvalue weighted by molar-refractivity contribution is 0.0519. The van der Waals surface area contributed by atoms with Gasteiger partial charge < -0.3 is 19.5 Å². The Morgan fingerprint density at radius 2 is 1.87 bits per heavy atom. The van der Waals surface area contributed by atoms with Gasteiger partial charge in [-0.05, 0) is 43.0 Å². The lowest BCUT2D eigenvalue weighted by atomic mass is 10.1. The van der Waals surface area contributed by atoms with E-state index in [1.165, 1.54) is 16.4 Å². The quantitative estimate of drug-likeness (QED) is 0.595. The molecule has 2 aromatic rings. The van der Waals surface area contributed by atoms with Gasteiger partial charge >= 0.3 is 0 Å². The molecule has 0 bridgehead atoms. The molecule has 0 amide bonds. The third-order valence-electron chi connectivity index (χ3n) is 3.42. The second-order valence-corrected chi connectivity index (χ2v) is 6.56. The SMILES string of the molecule is CNCc1cc(C)ccc1Pc1cc(OC)ccc1OCOC. The van der Waals surface area contributed by atoms with Crippen LogP contribution in [0.3, 0.4) is 0 Å². The van der Waals surface area contributed by atoms with Crippen molar-refractivity contribution in [2.45, 2.75) is 13.5 Å². The van der Waals surface area contributed by atoms with Gasteiger partial charge in [0.2, 0.25) is 0 Å². The molecule has 4 nitrogen and oxygen atoms in total. The van der Waals surface area contributed by atoms with Gasteiger partial charge in [0, 0.05) is 19.0 Å². The first-order valence-corrected chi connectivity index (χ1v) is 8.49. The fourth-order valence-electron chi connectivity index (χ4n) is 2.31. The summed E-state index contributed by atoms with van der Waals surface area (Å²) >= 11 is 0. The van der Waals surface area contributed by atoms with E-state index in [2.05, 4.69) is 30.4 Å². The second kappa shape index (κ2) is 8.88. The van der Waals surface area contributed by atoms with Crippen molar-refractivity contribution in [2.24, 2.45) is 0 Å². The van der Waals surface area contributed by atoms with E-state index in [0.717, 1.165) is 23.3 Å². The molecule has 0 fully saturated rings. The highest BCUT2D eigenvalue weighted by Gasteiger charge is 2.10. The van der Waals surface area contributed by atoms with Crippen LogP contribution >= 0.6 is 8.58 Å². The number of methoxy groups -OCH3 is 2. The Labute approximate surface area is 139 Å². The van der Waals surface area contributed by atoms with Crippen LogP contribution in [0.25, 0.3) is 0 Å². The van der Waals surface area contributed by atoms with E-state index < -0.39 is 0 Å². The summed E-state index contributed by atoms with van der Waals surface area (Å²) in [5.41, 5.74) is 2.58. The van der Waals surface area contributed by atoms with Gasteiger partial charge in [0.15, 0.2) is 6.79 Å². The first kappa shape index (κ1) is 17.7. The summed E-state index contributed by atoms with van der Waals surface area (Å²) in [6.07, 6.45) is 0. The molecular weight excluding hydrogens is 309 g/mol. The number of aryl methyl sites for hydroxylation is 1. The van der Waals surface area contributed by atoms with E-state index in [0.29, 0.717) is 8.58 Å². The molecule has 0 aromatic heterocycles. The minimum Gasteiger partial charge on any atom is -0.497 e. The molecular formula is C18H24NO3P. The van der Waals surface area contributed by atoms with Crippen molar-refractivity contribution in [1.29, 1.82) is 0 Å². The normalized spacial score (nSPS) is 11.1. The number of ether oxygens (including phenoxy) is 3. The maximum atomic E-state index is 5.70. The van der Waals surface area contributed by atoms with E-state index in [1.54, 1.807) is 14.2 Å². The Hall–Kier alpha value is -1.61. The maximum Gasteiger partial charge on any atom is 0.188 e. The molecule has 2 aromatic carbocycles. The van der Waals surface area contributed by atoms with E-state index in [4.69, 9.17) is 14.2 Å². The van der Waals surface area contributed by atoms with E-state index in [9.17, 15) is 0 Å². The van der Waals surface area contributed by atoms with Crippen molar-refractivity contribution in [3.05, 3.63) is 47.5 Å². The van der Waals surface area contributed by atoms with E-state index in [-0.39, 0.29) is 6.79 Å². The number of hydrogen-bond donors (Lipinski definition) is 1. The molecule has 0 saturated heterocycles. The molecule has 2 rings (SSSR count). The predicted molar refractivity (Wildman–Crippen MR) is 97.0 cm³/mol. The summed E-state index contributed by atoms with van der Waals surface area (Å²) in [6.45, 7) is 3.20. The Morgan fingerprint density at radius 3 is 2.57 bits per heavy atom. The summed E-state index contributed by atoms with van der Waals surface area (Å²) in [6, 6.07) is 12.5. The van der Waals surface area contributed by atoms with Crippen molar-refractivity contribution in [1.82, 2.24) is 5.32 Å². The first-order valence-electron chi connectivity index (χ1n) is 7.49. The monoisotopic (exact) mass is 333 g/mol. The molecule has 0 aliphatic rings. The van der Waals surface area contributed by atoms with Gasteiger partial charge in [-0.2, -0.15) is 0 Å². The highest BCUT2D eigenvalue weighted by Crippen LogP contribution is 2.25. The van der Waals surface area contributed by atoms with Crippen LogP contribution in [0.1, 0.15) is 11.1 Å². The maximum absolute atomic E-state index is 5.70. The van der Waals surface area contributed by atoms with Gasteiger partial charge in [0.05, 0.1) is 7.11 Å². The lowest BCUT2D eigenvalue weighted by Gasteiger charge is -2.15. The predicted octanol–water partition coefficient (Wildman–Crippen LogP) is 2.34. The zero-order valence-corrected chi connectivity index (χ0v) is 15.1. The summed E-state index contributed by atoms with van der Waals surface area (Å²) in [5.74, 6) is 1.67. The molecule has 0 heterocycles. The Bertz CT molecular complexity index is 646. The molecule has 0 aliphatic heterocycles. The molecule has 124 valence electrons. The minimum absolute atomic E-state index is 0.237. The fraction of sp³-hybridized carbons (Fsp3) is 0.333. The van der Waals surface area contributed by atoms with Crippen LogP contribution in [-0.2, 0) is 11.3 Å². The van der Waals surface area contributed by atoms with Gasteiger partial charge in [-0.15, -0.1) is 0 Å². The number of rotatable bonds is 8. The molecule has 0 spiro atoms. The van der Waals surface area contributed by atoms with Crippen molar-refractivity contribution in [2.75, 3.05) is 28.1 Å². The highest BCUT2D eigenvalue weighted by molar-refractivity contribution is 7.55. The number of benzene rings is 2. The van der Waals surface area contributed by atoms with Crippen LogP contribution in [-0.4, -0.2) is 28.1 Å². The van der Waals surface area contributed by atoms with Crippen molar-refractivity contribution >= 4 is 19.2 Å². The molecule has 1 N–H and O–H groups in total. The molecule has 1 atom stereocenters. The Balaban J connectivity index is 2.34. The molecule has 23 heavy (non-hydrogen) atoms. The average molecular weight is 333 g/mol. The zero-order valence-electron chi connectivity index (χ0n) is 14.1. The van der Waals surface area contributed by atoms with Crippen LogP contribution in [0, 0.1) is 6.92 Å². The standard InChI is InChI=1S/C18H24NO3P/c1-13-5-8-17(14(9-13)11-19-2)23-18-10-15(21-4)6-7-16(18)22-12-20-3/h5-10,19,23H,11-12H2,1-4H3. The van der Waals surface area contributed by atoms with Gasteiger partial charge in [-0.3, -0.25) is 0 Å². The smallest absolute Gasteiger partial charge is 0.188 e. The van der Waals surface area contributed by atoms with Gasteiger partial charge in [0.1, 0.15) is 11.5 Å². The molecule has 5 heteroatoms. The summed E-state index contributed by atoms with van der Waals surface area (Å²) in [7, 11) is 5.76. The Kier molecular flexibility index (Phi) is 6.85. The summed E-state index contributed by atoms with van der Waals surface area (Å²) in [4.78, 5) is 0. The molecule has 1 unspecified atom stereocenters. The van der Waals surface area contributed by atoms with E-state index >= 15 is 0 Å². The van der Waals surface area contributed by atoms with Gasteiger partial charge in [0.25, 0.3) is 0 Å². The van der Waals surface area contributed by atoms with Crippen molar-refractivity contribution < 1.29 is 14.2 Å². The molecule has 0 radical (unpaired) electrons. The van der Waals surface area contributed by atoms with Gasteiger partial charge in [-0.25, -0.2) is 0 Å². The molecule has 0 saturated carbocycles. The average Bonchev–Trinajstić information content (AvgIpc) is 2.56. The summed E-state index contributed by atoms with van der Waals surface area (Å²) < 4.78 is 16.1. The van der Waals surface area contributed by atoms with E-state index in [1.807, 2.05) is 25.2 Å². The third kappa shape index (κ3) is 4.93. The largest absolute Gasteiger partial charge is 0.497 e. The molecule has 0 aliphatic carbocycles. The Morgan fingerprint density at radius 1 is 1.04 bits per heavy atom. The van der Waals surface area contributed by atoms with Crippen LogP contribution < -0.4 is 25.4 Å². The van der Waals surface area contributed by atoms with Crippen LogP contribution in [0.5, 0.6) is 11.5 Å². The van der Waals surface area contributed by atoms with Crippen LogP contribution in [0.4, 0.5) is 0 Å². The number of hydrogen-bond acceptors (Lipinski definition) is 4. The highest BCUT2D eigenvalue weighted by atomic mass is 31.1. The van der Waals surface area contributed by atoms with Crippen LogP contribution in [0.15, 0.2) is 36.4 Å². The van der Waals surface area contributed by atoms with Gasteiger partial charge in [-0.1, -0.05) is 32.3 Å². The zero-order chi connectivity index (χ0) is 16.7. The van der Waals surface area contributed by atoms with Crippen molar-refractivity contribution in [3.8, 4) is 11.5 Å². The first-order chi connectivity index (χ1) is 11.2. The topological polar surface area (TPSA) is 39.7 Å². The third-order valence-corrected chi connectivity index (χ3v) is 4.83. The number of nitrogens with one attached hydrogen (secondary N) is 1. The minimum atomic E-state index is 0.237. The summed E-state index contributed by atoms with van der Waals surface area (Å²) in [5, 5.41) is 5.66.